The van der Waals surface area contributed by atoms with Gasteiger partial charge < -0.3 is 14.6 Å². The van der Waals surface area contributed by atoms with Crippen LogP contribution in [0.2, 0.25) is 0 Å². The lowest BCUT2D eigenvalue weighted by Crippen LogP contribution is -2.13. The van der Waals surface area contributed by atoms with E-state index in [1.165, 1.54) is 0 Å². The summed E-state index contributed by atoms with van der Waals surface area (Å²) in [5, 5.41) is 14.3. The largest absolute Gasteiger partial charge is 0.507 e. The molecule has 0 fully saturated rings. The van der Waals surface area contributed by atoms with Crippen LogP contribution in [-0.2, 0) is 4.74 Å². The molecular formula is C26H26O3. The van der Waals surface area contributed by atoms with Crippen molar-refractivity contribution in [3.8, 4) is 22.6 Å². The Morgan fingerprint density at radius 2 is 1.31 bits per heavy atom. The Balaban J connectivity index is 1.72. The molecule has 0 saturated carbocycles. The molecule has 0 amide bonds. The first-order valence-corrected chi connectivity index (χ1v) is 10.2. The van der Waals surface area contributed by atoms with Gasteiger partial charge in [-0.1, -0.05) is 67.6 Å². The summed E-state index contributed by atoms with van der Waals surface area (Å²) in [6.07, 6.45) is 1.25. The SMILES string of the molecule is CCC(C)OCCOc1ccc(-c2ccc(O)c3ccccc23)c2ccccc12. The van der Waals surface area contributed by atoms with Crippen LogP contribution in [0.25, 0.3) is 32.7 Å². The quantitative estimate of drug-likeness (QED) is 0.366. The monoisotopic (exact) mass is 386 g/mol. The van der Waals surface area contributed by atoms with Crippen molar-refractivity contribution < 1.29 is 14.6 Å². The summed E-state index contributed by atoms with van der Waals surface area (Å²) in [6, 6.07) is 24.1. The standard InChI is InChI=1S/C26H26O3/c1-3-18(2)28-16-17-29-26-15-13-22(20-9-5-7-11-24(20)26)21-12-14-25(27)23-10-6-4-8-19(21)23/h4-15,18,27H,3,16-17H2,1-2H3. The molecule has 1 unspecified atom stereocenters. The van der Waals surface area contributed by atoms with Crippen molar-refractivity contribution in [2.45, 2.75) is 26.4 Å². The maximum atomic E-state index is 10.2. The molecule has 1 atom stereocenters. The number of aromatic hydroxyl groups is 1. The van der Waals surface area contributed by atoms with Crippen LogP contribution in [0.4, 0.5) is 0 Å². The highest BCUT2D eigenvalue weighted by molar-refractivity contribution is 6.08. The van der Waals surface area contributed by atoms with Crippen molar-refractivity contribution in [1.29, 1.82) is 0 Å². The fraction of sp³-hybridized carbons (Fsp3) is 0.231. The summed E-state index contributed by atoms with van der Waals surface area (Å²) in [6.45, 7) is 5.29. The lowest BCUT2D eigenvalue weighted by Gasteiger charge is -2.15. The van der Waals surface area contributed by atoms with E-state index in [4.69, 9.17) is 9.47 Å². The number of phenolic OH excluding ortho intramolecular Hbond substituents is 1. The number of phenols is 1. The Labute approximate surface area is 171 Å². The number of benzene rings is 4. The maximum Gasteiger partial charge on any atom is 0.127 e. The van der Waals surface area contributed by atoms with E-state index in [2.05, 4.69) is 38.1 Å². The molecule has 3 heteroatoms. The van der Waals surface area contributed by atoms with Crippen molar-refractivity contribution in [2.75, 3.05) is 13.2 Å². The van der Waals surface area contributed by atoms with Crippen molar-refractivity contribution in [3.63, 3.8) is 0 Å². The first-order chi connectivity index (χ1) is 14.2. The average Bonchev–Trinajstić information content (AvgIpc) is 2.77. The molecule has 1 N–H and O–H groups in total. The first-order valence-electron chi connectivity index (χ1n) is 10.2. The van der Waals surface area contributed by atoms with E-state index >= 15 is 0 Å². The minimum atomic E-state index is 0.250. The zero-order valence-electron chi connectivity index (χ0n) is 16.9. The normalized spacial score (nSPS) is 12.3. The molecule has 0 radical (unpaired) electrons. The molecule has 0 heterocycles. The molecule has 4 rings (SSSR count). The summed E-state index contributed by atoms with van der Waals surface area (Å²) in [7, 11) is 0. The number of rotatable bonds is 7. The van der Waals surface area contributed by atoms with Crippen LogP contribution in [0.5, 0.6) is 11.5 Å². The summed E-state index contributed by atoms with van der Waals surface area (Å²) in [4.78, 5) is 0. The second-order valence-electron chi connectivity index (χ2n) is 7.27. The van der Waals surface area contributed by atoms with Gasteiger partial charge in [-0.2, -0.15) is 0 Å². The van der Waals surface area contributed by atoms with E-state index in [0.717, 1.165) is 44.8 Å². The molecule has 4 aromatic rings. The molecular weight excluding hydrogens is 360 g/mol. The van der Waals surface area contributed by atoms with Crippen molar-refractivity contribution in [2.24, 2.45) is 0 Å². The third-order valence-corrected chi connectivity index (χ3v) is 5.39. The second kappa shape index (κ2) is 8.54. The second-order valence-corrected chi connectivity index (χ2v) is 7.27. The zero-order valence-corrected chi connectivity index (χ0v) is 16.9. The highest BCUT2D eigenvalue weighted by Crippen LogP contribution is 2.39. The fourth-order valence-corrected chi connectivity index (χ4v) is 3.67. The smallest absolute Gasteiger partial charge is 0.127 e. The predicted molar refractivity (Wildman–Crippen MR) is 120 cm³/mol. The lowest BCUT2D eigenvalue weighted by atomic mass is 9.93. The predicted octanol–water partition coefficient (Wildman–Crippen LogP) is 6.56. The van der Waals surface area contributed by atoms with E-state index in [-0.39, 0.29) is 6.10 Å². The van der Waals surface area contributed by atoms with E-state index < -0.39 is 0 Å². The van der Waals surface area contributed by atoms with Crippen LogP contribution in [0.1, 0.15) is 20.3 Å². The Bertz CT molecular complexity index is 1130. The van der Waals surface area contributed by atoms with Crippen LogP contribution in [0, 0.1) is 0 Å². The molecule has 3 nitrogen and oxygen atoms in total. The zero-order chi connectivity index (χ0) is 20.2. The van der Waals surface area contributed by atoms with Gasteiger partial charge in [0.2, 0.25) is 0 Å². The molecule has 0 spiro atoms. The maximum absolute atomic E-state index is 10.2. The van der Waals surface area contributed by atoms with E-state index in [0.29, 0.717) is 19.0 Å². The molecule has 148 valence electrons. The minimum absolute atomic E-state index is 0.250. The molecule has 0 aliphatic rings. The molecule has 0 aliphatic heterocycles. The third kappa shape index (κ3) is 3.92. The van der Waals surface area contributed by atoms with Crippen molar-refractivity contribution in [1.82, 2.24) is 0 Å². The Kier molecular flexibility index (Phi) is 5.68. The van der Waals surface area contributed by atoms with Gasteiger partial charge in [0.15, 0.2) is 0 Å². The van der Waals surface area contributed by atoms with E-state index in [1.54, 1.807) is 6.07 Å². The van der Waals surface area contributed by atoms with Gasteiger partial charge in [-0.15, -0.1) is 0 Å². The van der Waals surface area contributed by atoms with Gasteiger partial charge in [0, 0.05) is 10.8 Å². The minimum Gasteiger partial charge on any atom is -0.507 e. The number of ether oxygens (including phenoxy) is 2. The van der Waals surface area contributed by atoms with Gasteiger partial charge >= 0.3 is 0 Å². The summed E-state index contributed by atoms with van der Waals surface area (Å²) in [5.41, 5.74) is 2.22. The van der Waals surface area contributed by atoms with Crippen LogP contribution in [-0.4, -0.2) is 24.4 Å². The molecule has 0 bridgehead atoms. The fourth-order valence-electron chi connectivity index (χ4n) is 3.67. The molecule has 29 heavy (non-hydrogen) atoms. The first kappa shape index (κ1) is 19.3. The van der Waals surface area contributed by atoms with Gasteiger partial charge in [0.1, 0.15) is 18.1 Å². The highest BCUT2D eigenvalue weighted by Gasteiger charge is 2.12. The van der Waals surface area contributed by atoms with Crippen LogP contribution in [0.3, 0.4) is 0 Å². The Hall–Kier alpha value is -3.04. The van der Waals surface area contributed by atoms with Crippen LogP contribution < -0.4 is 4.74 Å². The third-order valence-electron chi connectivity index (χ3n) is 5.39. The summed E-state index contributed by atoms with van der Waals surface area (Å²) >= 11 is 0. The van der Waals surface area contributed by atoms with E-state index in [9.17, 15) is 5.11 Å². The summed E-state index contributed by atoms with van der Waals surface area (Å²) < 4.78 is 11.8. The van der Waals surface area contributed by atoms with E-state index in [1.807, 2.05) is 42.5 Å². The van der Waals surface area contributed by atoms with Gasteiger partial charge in [-0.25, -0.2) is 0 Å². The molecule has 0 aliphatic carbocycles. The summed E-state index contributed by atoms with van der Waals surface area (Å²) in [5.74, 6) is 1.16. The van der Waals surface area contributed by atoms with Crippen molar-refractivity contribution >= 4 is 21.5 Å². The number of fused-ring (bicyclic) bond motifs is 2. The van der Waals surface area contributed by atoms with Crippen LogP contribution in [0.15, 0.2) is 72.8 Å². The molecule has 0 aromatic heterocycles. The molecule has 0 saturated heterocycles. The van der Waals surface area contributed by atoms with Crippen molar-refractivity contribution in [3.05, 3.63) is 72.8 Å². The number of hydrogen-bond acceptors (Lipinski definition) is 3. The van der Waals surface area contributed by atoms with Gasteiger partial charge in [0.25, 0.3) is 0 Å². The Morgan fingerprint density at radius 1 is 0.724 bits per heavy atom. The van der Waals surface area contributed by atoms with Crippen LogP contribution >= 0.6 is 0 Å². The number of hydrogen-bond donors (Lipinski definition) is 1. The highest BCUT2D eigenvalue weighted by atomic mass is 16.5. The van der Waals surface area contributed by atoms with Gasteiger partial charge in [-0.05, 0) is 47.4 Å². The average molecular weight is 386 g/mol. The Morgan fingerprint density at radius 3 is 2.00 bits per heavy atom. The lowest BCUT2D eigenvalue weighted by molar-refractivity contribution is 0.0430. The van der Waals surface area contributed by atoms with Gasteiger partial charge in [-0.3, -0.25) is 0 Å². The van der Waals surface area contributed by atoms with Gasteiger partial charge in [0.05, 0.1) is 12.7 Å². The molecule has 4 aromatic carbocycles. The topological polar surface area (TPSA) is 38.7 Å².